The van der Waals surface area contributed by atoms with Gasteiger partial charge in [-0.3, -0.25) is 9.59 Å². The van der Waals surface area contributed by atoms with Crippen LogP contribution < -0.4 is 0 Å². The second-order valence-electron chi connectivity index (χ2n) is 4.86. The molecule has 2 aromatic carbocycles. The molecule has 2 rings (SSSR count). The molecule has 0 N–H and O–H groups in total. The van der Waals surface area contributed by atoms with E-state index >= 15 is 0 Å². The van der Waals surface area contributed by atoms with Crippen molar-refractivity contribution >= 4 is 17.8 Å². The molecule has 0 fully saturated rings. The van der Waals surface area contributed by atoms with Crippen LogP contribution >= 0.6 is 0 Å². The van der Waals surface area contributed by atoms with Crippen molar-refractivity contribution in [1.29, 1.82) is 0 Å². The highest BCUT2D eigenvalue weighted by Gasteiger charge is 2.21. The van der Waals surface area contributed by atoms with Gasteiger partial charge in [0.1, 0.15) is 0 Å². The molecule has 0 atom stereocenters. The molecule has 0 bridgehead atoms. The number of hydrogen-bond acceptors (Lipinski definition) is 2. The summed E-state index contributed by atoms with van der Waals surface area (Å²) < 4.78 is 0. The summed E-state index contributed by atoms with van der Waals surface area (Å²) in [5, 5.41) is 0. The smallest absolute Gasteiger partial charge is 0.257 e. The van der Waals surface area contributed by atoms with Gasteiger partial charge in [-0.2, -0.15) is 0 Å². The molecule has 0 saturated carbocycles. The number of ketones is 1. The molecule has 0 aliphatic heterocycles. The average molecular weight is 279 g/mol. The van der Waals surface area contributed by atoms with Crippen LogP contribution in [0.4, 0.5) is 0 Å². The maximum absolute atomic E-state index is 12.6. The van der Waals surface area contributed by atoms with E-state index in [9.17, 15) is 9.59 Å². The number of Topliss-reactive ketones (excluding diaryl/α,β-unsaturated/α-hetero) is 1. The molecule has 106 valence electrons. The Morgan fingerprint density at radius 2 is 1.38 bits per heavy atom. The molecule has 1 amide bonds. The zero-order chi connectivity index (χ0) is 15.2. The van der Waals surface area contributed by atoms with Crippen molar-refractivity contribution in [2.75, 3.05) is 14.1 Å². The van der Waals surface area contributed by atoms with Gasteiger partial charge in [-0.1, -0.05) is 60.7 Å². The van der Waals surface area contributed by atoms with Crippen LogP contribution in [0.1, 0.15) is 15.9 Å². The number of rotatable bonds is 4. The van der Waals surface area contributed by atoms with Gasteiger partial charge in [-0.25, -0.2) is 0 Å². The van der Waals surface area contributed by atoms with Gasteiger partial charge in [-0.05, 0) is 11.6 Å². The highest BCUT2D eigenvalue weighted by Crippen LogP contribution is 2.14. The van der Waals surface area contributed by atoms with Gasteiger partial charge in [-0.15, -0.1) is 0 Å². The minimum absolute atomic E-state index is 0.164. The summed E-state index contributed by atoms with van der Waals surface area (Å²) in [7, 11) is 3.28. The molecule has 0 aliphatic rings. The van der Waals surface area contributed by atoms with E-state index in [1.165, 1.54) is 4.90 Å². The number of likely N-dealkylation sites (N-methyl/N-ethyl adjacent to an activating group) is 1. The second kappa shape index (κ2) is 6.66. The van der Waals surface area contributed by atoms with E-state index in [-0.39, 0.29) is 17.3 Å². The number of amides is 1. The summed E-state index contributed by atoms with van der Waals surface area (Å²) >= 11 is 0. The van der Waals surface area contributed by atoms with E-state index in [1.54, 1.807) is 44.4 Å². The Balaban J connectivity index is 2.45. The molecule has 3 heteroatoms. The Kier molecular flexibility index (Phi) is 4.67. The lowest BCUT2D eigenvalue weighted by atomic mass is 10.00. The maximum atomic E-state index is 12.6. The van der Waals surface area contributed by atoms with Gasteiger partial charge in [0.15, 0.2) is 5.78 Å². The summed E-state index contributed by atoms with van der Waals surface area (Å²) in [6.45, 7) is 0. The Labute approximate surface area is 124 Å². The van der Waals surface area contributed by atoms with E-state index < -0.39 is 0 Å². The standard InChI is InChI=1S/C18H17NO2/c1-19(2)18(21)16(13-14-9-5-3-6-10-14)17(20)15-11-7-4-8-12-15/h3-13H,1-2H3. The highest BCUT2D eigenvalue weighted by molar-refractivity contribution is 6.28. The third-order valence-electron chi connectivity index (χ3n) is 3.03. The molecule has 21 heavy (non-hydrogen) atoms. The first-order valence-electron chi connectivity index (χ1n) is 6.67. The molecule has 2 aromatic rings. The summed E-state index contributed by atoms with van der Waals surface area (Å²) in [5.74, 6) is -0.564. The van der Waals surface area contributed by atoms with Crippen LogP contribution in [0, 0.1) is 0 Å². The van der Waals surface area contributed by atoms with Gasteiger partial charge < -0.3 is 4.90 Å². The number of benzene rings is 2. The Morgan fingerprint density at radius 1 is 0.857 bits per heavy atom. The predicted molar refractivity (Wildman–Crippen MR) is 83.9 cm³/mol. The lowest BCUT2D eigenvalue weighted by Gasteiger charge is -2.13. The van der Waals surface area contributed by atoms with Crippen LogP contribution in [0.15, 0.2) is 66.2 Å². The average Bonchev–Trinajstić information content (AvgIpc) is 2.53. The van der Waals surface area contributed by atoms with Crippen molar-refractivity contribution in [1.82, 2.24) is 4.90 Å². The van der Waals surface area contributed by atoms with Crippen molar-refractivity contribution in [3.63, 3.8) is 0 Å². The molecule has 0 saturated heterocycles. The Morgan fingerprint density at radius 3 is 1.90 bits per heavy atom. The van der Waals surface area contributed by atoms with E-state index in [4.69, 9.17) is 0 Å². The summed E-state index contributed by atoms with van der Waals surface area (Å²) in [6.07, 6.45) is 1.64. The Hall–Kier alpha value is -2.68. The minimum Gasteiger partial charge on any atom is -0.345 e. The maximum Gasteiger partial charge on any atom is 0.257 e. The van der Waals surface area contributed by atoms with E-state index in [0.29, 0.717) is 5.56 Å². The Bertz CT molecular complexity index is 658. The van der Waals surface area contributed by atoms with Crippen molar-refractivity contribution in [3.05, 3.63) is 77.4 Å². The van der Waals surface area contributed by atoms with Gasteiger partial charge in [0, 0.05) is 19.7 Å². The van der Waals surface area contributed by atoms with Crippen LogP contribution in [0.3, 0.4) is 0 Å². The molecular weight excluding hydrogens is 262 g/mol. The SMILES string of the molecule is CN(C)C(=O)C(=Cc1ccccc1)C(=O)c1ccccc1. The number of carbonyl (C=O) groups excluding carboxylic acids is 2. The van der Waals surface area contributed by atoms with Gasteiger partial charge >= 0.3 is 0 Å². The monoisotopic (exact) mass is 279 g/mol. The van der Waals surface area contributed by atoms with Gasteiger partial charge in [0.2, 0.25) is 0 Å². The lowest BCUT2D eigenvalue weighted by Crippen LogP contribution is -2.27. The summed E-state index contributed by atoms with van der Waals surface area (Å²) in [6, 6.07) is 18.2. The number of nitrogens with zero attached hydrogens (tertiary/aromatic N) is 1. The number of hydrogen-bond donors (Lipinski definition) is 0. The third-order valence-corrected chi connectivity index (χ3v) is 3.03. The van der Waals surface area contributed by atoms with Crippen molar-refractivity contribution in [2.24, 2.45) is 0 Å². The van der Waals surface area contributed by atoms with E-state index in [1.807, 2.05) is 36.4 Å². The van der Waals surface area contributed by atoms with Crippen LogP contribution in [0.2, 0.25) is 0 Å². The molecule has 0 heterocycles. The summed E-state index contributed by atoms with van der Waals surface area (Å²) in [5.41, 5.74) is 1.50. The first kappa shape index (κ1) is 14.7. The molecule has 0 aliphatic carbocycles. The quantitative estimate of drug-likeness (QED) is 0.373. The number of carbonyl (C=O) groups is 2. The van der Waals surface area contributed by atoms with Crippen molar-refractivity contribution in [2.45, 2.75) is 0 Å². The molecule has 3 nitrogen and oxygen atoms in total. The highest BCUT2D eigenvalue weighted by atomic mass is 16.2. The fourth-order valence-electron chi connectivity index (χ4n) is 1.93. The molecule has 0 radical (unpaired) electrons. The fourth-order valence-corrected chi connectivity index (χ4v) is 1.93. The zero-order valence-electron chi connectivity index (χ0n) is 12.1. The van der Waals surface area contributed by atoms with Gasteiger partial charge in [0.05, 0.1) is 5.57 Å². The van der Waals surface area contributed by atoms with Crippen LogP contribution in [-0.2, 0) is 4.79 Å². The van der Waals surface area contributed by atoms with Crippen molar-refractivity contribution < 1.29 is 9.59 Å². The topological polar surface area (TPSA) is 37.4 Å². The second-order valence-corrected chi connectivity index (χ2v) is 4.86. The van der Waals surface area contributed by atoms with E-state index in [2.05, 4.69) is 0 Å². The molecule has 0 spiro atoms. The van der Waals surface area contributed by atoms with Crippen LogP contribution in [0.5, 0.6) is 0 Å². The molecule has 0 aromatic heterocycles. The summed E-state index contributed by atoms with van der Waals surface area (Å²) in [4.78, 5) is 26.3. The largest absolute Gasteiger partial charge is 0.345 e. The first-order valence-corrected chi connectivity index (χ1v) is 6.67. The normalized spacial score (nSPS) is 11.0. The minimum atomic E-state index is -0.298. The van der Waals surface area contributed by atoms with E-state index in [0.717, 1.165) is 5.56 Å². The molecule has 0 unspecified atom stereocenters. The third kappa shape index (κ3) is 3.66. The predicted octanol–water partition coefficient (Wildman–Crippen LogP) is 3.04. The van der Waals surface area contributed by atoms with Crippen molar-refractivity contribution in [3.8, 4) is 0 Å². The van der Waals surface area contributed by atoms with Crippen LogP contribution in [-0.4, -0.2) is 30.7 Å². The van der Waals surface area contributed by atoms with Gasteiger partial charge in [0.25, 0.3) is 5.91 Å². The molecular formula is C18H17NO2. The first-order chi connectivity index (χ1) is 10.1. The fraction of sp³-hybridized carbons (Fsp3) is 0.111. The zero-order valence-corrected chi connectivity index (χ0v) is 12.1. The lowest BCUT2D eigenvalue weighted by molar-refractivity contribution is -0.124. The van der Waals surface area contributed by atoms with Crippen LogP contribution in [0.25, 0.3) is 6.08 Å².